The monoisotopic (exact) mass is 621 g/mol. The lowest BCUT2D eigenvalue weighted by Gasteiger charge is -2.19. The molecule has 0 saturated carbocycles. The quantitative estimate of drug-likeness (QED) is 0.0921. The van der Waals surface area contributed by atoms with E-state index in [1.165, 1.54) is 12.1 Å². The number of aryl methyl sites for hydroxylation is 2. The average Bonchev–Trinajstić information content (AvgIpc) is 3.39. The highest BCUT2D eigenvalue weighted by molar-refractivity contribution is 7.85. The number of benzene rings is 3. The summed E-state index contributed by atoms with van der Waals surface area (Å²) in [7, 11) is -4.12. The number of amides is 2. The topological polar surface area (TPSA) is 147 Å². The Labute approximate surface area is 254 Å². The molecule has 5 rings (SSSR count). The molecule has 0 unspecified atom stereocenters. The van der Waals surface area contributed by atoms with Crippen molar-refractivity contribution < 1.29 is 46.3 Å². The number of hydrogen-bond acceptors (Lipinski definition) is 8. The van der Waals surface area contributed by atoms with Crippen molar-refractivity contribution in [2.45, 2.75) is 58.8 Å². The molecule has 1 saturated heterocycles. The van der Waals surface area contributed by atoms with Crippen LogP contribution in [0, 0.1) is 13.8 Å². The number of rotatable bonds is 9. The van der Waals surface area contributed by atoms with Crippen LogP contribution in [-0.2, 0) is 34.8 Å². The fourth-order valence-corrected chi connectivity index (χ4v) is 6.60. The standard InChI is InChI=1S/C32H32N2O9S/c1-19-17-22(30(37)43-34-25(35)13-14-26(34)36)18-20(2)28(19)42-31(38)29-32(3,4)27-23-10-6-5-9-21(23)11-12-24(27)33(29)15-7-8-16-44(39,40)41/h5-6,9-12,17-18H,7-8,13-16H2,1-4H3/p+1. The highest BCUT2D eigenvalue weighted by Gasteiger charge is 2.51. The zero-order valence-electron chi connectivity index (χ0n) is 24.9. The number of ether oxygens (including phenoxy) is 1. The third kappa shape index (κ3) is 5.87. The molecule has 2 amide bonds. The van der Waals surface area contributed by atoms with Gasteiger partial charge < -0.3 is 9.57 Å². The molecule has 3 aromatic carbocycles. The van der Waals surface area contributed by atoms with Gasteiger partial charge >= 0.3 is 11.9 Å². The van der Waals surface area contributed by atoms with Gasteiger partial charge in [0.2, 0.25) is 5.69 Å². The molecule has 0 bridgehead atoms. The fourth-order valence-electron chi connectivity index (χ4n) is 6.03. The van der Waals surface area contributed by atoms with E-state index in [1.807, 2.05) is 54.8 Å². The van der Waals surface area contributed by atoms with Gasteiger partial charge in [-0.15, -0.1) is 5.06 Å². The first-order chi connectivity index (χ1) is 20.7. The molecule has 2 aliphatic heterocycles. The Hall–Kier alpha value is -4.42. The first-order valence-electron chi connectivity index (χ1n) is 14.2. The van der Waals surface area contributed by atoms with Gasteiger partial charge in [-0.05, 0) is 74.2 Å². The SMILES string of the molecule is Cc1cc(C(=O)ON2C(=O)CCC2=O)cc(C)c1OC(=O)C1=[N+](CCCCS(=O)(=O)O)c2ccc3ccccc3c2C1(C)C. The Balaban J connectivity index is 1.47. The lowest BCUT2D eigenvalue weighted by molar-refractivity contribution is -0.438. The van der Waals surface area contributed by atoms with Crippen LogP contribution in [-0.4, -0.2) is 64.4 Å². The Morgan fingerprint density at radius 2 is 1.59 bits per heavy atom. The van der Waals surface area contributed by atoms with Crippen molar-refractivity contribution in [2.24, 2.45) is 0 Å². The summed E-state index contributed by atoms with van der Waals surface area (Å²) < 4.78 is 39.6. The van der Waals surface area contributed by atoms with E-state index in [-0.39, 0.29) is 36.3 Å². The summed E-state index contributed by atoms with van der Waals surface area (Å²) in [6.45, 7) is 7.52. The second kappa shape index (κ2) is 11.6. The number of nitrogens with zero attached hydrogens (tertiary/aromatic N) is 2. The van der Waals surface area contributed by atoms with Crippen LogP contribution in [0.5, 0.6) is 5.75 Å². The Bertz CT molecular complexity index is 1840. The number of hydrogen-bond donors (Lipinski definition) is 1. The molecule has 0 atom stereocenters. The highest BCUT2D eigenvalue weighted by atomic mass is 32.2. The Morgan fingerprint density at radius 1 is 0.955 bits per heavy atom. The van der Waals surface area contributed by atoms with E-state index in [0.29, 0.717) is 34.9 Å². The number of carbonyl (C=O) groups is 4. The van der Waals surface area contributed by atoms with Crippen molar-refractivity contribution in [2.75, 3.05) is 12.3 Å². The third-order valence-corrected chi connectivity index (χ3v) is 8.79. The molecule has 12 heteroatoms. The van der Waals surface area contributed by atoms with Crippen molar-refractivity contribution in [3.8, 4) is 5.75 Å². The molecule has 0 aliphatic carbocycles. The minimum absolute atomic E-state index is 0.0224. The highest BCUT2D eigenvalue weighted by Crippen LogP contribution is 2.44. The van der Waals surface area contributed by atoms with Crippen LogP contribution in [0.15, 0.2) is 48.5 Å². The van der Waals surface area contributed by atoms with E-state index in [2.05, 4.69) is 0 Å². The van der Waals surface area contributed by atoms with E-state index in [4.69, 9.17) is 9.57 Å². The first-order valence-corrected chi connectivity index (χ1v) is 15.8. The van der Waals surface area contributed by atoms with Crippen molar-refractivity contribution in [3.05, 3.63) is 70.8 Å². The van der Waals surface area contributed by atoms with E-state index in [0.717, 1.165) is 22.0 Å². The number of unbranched alkanes of at least 4 members (excludes halogenated alkanes) is 1. The zero-order chi connectivity index (χ0) is 32.0. The predicted octanol–water partition coefficient (Wildman–Crippen LogP) is 4.33. The van der Waals surface area contributed by atoms with Gasteiger partial charge in [-0.1, -0.05) is 24.3 Å². The second-order valence-electron chi connectivity index (χ2n) is 11.6. The molecule has 2 heterocycles. The number of fused-ring (bicyclic) bond motifs is 3. The van der Waals surface area contributed by atoms with Gasteiger partial charge in [0, 0.05) is 30.9 Å². The smallest absolute Gasteiger partial charge is 0.405 e. The van der Waals surface area contributed by atoms with Gasteiger partial charge in [0.15, 0.2) is 0 Å². The van der Waals surface area contributed by atoms with Crippen molar-refractivity contribution in [3.63, 3.8) is 0 Å². The van der Waals surface area contributed by atoms with Crippen LogP contribution in [0.25, 0.3) is 10.8 Å². The van der Waals surface area contributed by atoms with Crippen LogP contribution < -0.4 is 4.74 Å². The molecule has 0 aromatic heterocycles. The van der Waals surface area contributed by atoms with E-state index in [9.17, 15) is 32.1 Å². The third-order valence-electron chi connectivity index (χ3n) is 7.98. The molecule has 230 valence electrons. The maximum absolute atomic E-state index is 14.1. The normalized spacial score (nSPS) is 16.1. The minimum atomic E-state index is -4.12. The van der Waals surface area contributed by atoms with Gasteiger partial charge in [0.25, 0.3) is 27.6 Å². The lowest BCUT2D eigenvalue weighted by atomic mass is 9.79. The van der Waals surface area contributed by atoms with Crippen LogP contribution in [0.4, 0.5) is 5.69 Å². The molecule has 0 spiro atoms. The fraction of sp³-hybridized carbons (Fsp3) is 0.344. The van der Waals surface area contributed by atoms with Crippen LogP contribution >= 0.6 is 0 Å². The van der Waals surface area contributed by atoms with Crippen LogP contribution in [0.1, 0.15) is 66.6 Å². The van der Waals surface area contributed by atoms with Crippen LogP contribution in [0.3, 0.4) is 0 Å². The number of carbonyl (C=O) groups excluding carboxylic acids is 4. The second-order valence-corrected chi connectivity index (χ2v) is 13.2. The largest absolute Gasteiger partial charge is 0.418 e. The summed E-state index contributed by atoms with van der Waals surface area (Å²) in [6.07, 6.45) is 0.540. The Morgan fingerprint density at radius 3 is 2.23 bits per heavy atom. The molecular weight excluding hydrogens is 588 g/mol. The van der Waals surface area contributed by atoms with Crippen molar-refractivity contribution in [1.82, 2.24) is 5.06 Å². The molecule has 0 radical (unpaired) electrons. The number of esters is 1. The maximum Gasteiger partial charge on any atom is 0.405 e. The molecule has 1 N–H and O–H groups in total. The molecule has 2 aliphatic rings. The molecule has 11 nitrogen and oxygen atoms in total. The molecule has 1 fully saturated rings. The predicted molar refractivity (Wildman–Crippen MR) is 160 cm³/mol. The van der Waals surface area contributed by atoms with Gasteiger partial charge in [-0.3, -0.25) is 14.1 Å². The Kier molecular flexibility index (Phi) is 8.17. The number of hydroxylamine groups is 2. The summed E-state index contributed by atoms with van der Waals surface area (Å²) in [6, 6.07) is 14.7. The van der Waals surface area contributed by atoms with E-state index < -0.39 is 39.3 Å². The van der Waals surface area contributed by atoms with Gasteiger partial charge in [0.05, 0.1) is 16.7 Å². The average molecular weight is 622 g/mol. The van der Waals surface area contributed by atoms with Crippen molar-refractivity contribution >= 4 is 56.0 Å². The van der Waals surface area contributed by atoms with Gasteiger partial charge in [-0.2, -0.15) is 13.0 Å². The van der Waals surface area contributed by atoms with Crippen molar-refractivity contribution in [1.29, 1.82) is 0 Å². The van der Waals surface area contributed by atoms with Crippen LogP contribution in [0.2, 0.25) is 0 Å². The zero-order valence-corrected chi connectivity index (χ0v) is 25.7. The molecule has 3 aromatic rings. The summed E-state index contributed by atoms with van der Waals surface area (Å²) in [5.74, 6) is -2.82. The molecular formula is C32H33N2O9S+. The molecule has 44 heavy (non-hydrogen) atoms. The summed E-state index contributed by atoms with van der Waals surface area (Å²) >= 11 is 0. The number of imide groups is 1. The lowest BCUT2D eigenvalue weighted by Crippen LogP contribution is -2.39. The summed E-state index contributed by atoms with van der Waals surface area (Å²) in [5.41, 5.74) is 2.33. The van der Waals surface area contributed by atoms with Gasteiger partial charge in [0.1, 0.15) is 12.3 Å². The summed E-state index contributed by atoms with van der Waals surface area (Å²) in [4.78, 5) is 55.6. The van der Waals surface area contributed by atoms with E-state index >= 15 is 0 Å². The minimum Gasteiger partial charge on any atom is -0.418 e. The maximum atomic E-state index is 14.1. The summed E-state index contributed by atoms with van der Waals surface area (Å²) in [5, 5.41) is 2.46. The van der Waals surface area contributed by atoms with E-state index in [1.54, 1.807) is 13.8 Å². The van der Waals surface area contributed by atoms with Gasteiger partial charge in [-0.25, -0.2) is 9.59 Å². The first kappa shape index (κ1) is 31.0.